The normalized spacial score (nSPS) is 22.1. The third kappa shape index (κ3) is 5.02. The molecule has 184 valence electrons. The van der Waals surface area contributed by atoms with Gasteiger partial charge in [-0.2, -0.15) is 5.10 Å². The van der Waals surface area contributed by atoms with Crippen LogP contribution in [0.2, 0.25) is 5.02 Å². The zero-order chi connectivity index (χ0) is 24.5. The summed E-state index contributed by atoms with van der Waals surface area (Å²) in [4.78, 5) is 29.4. The highest BCUT2D eigenvalue weighted by Gasteiger charge is 2.48. The minimum Gasteiger partial charge on any atom is -0.351 e. The lowest BCUT2D eigenvalue weighted by atomic mass is 9.91. The van der Waals surface area contributed by atoms with Gasteiger partial charge in [0.15, 0.2) is 0 Å². The summed E-state index contributed by atoms with van der Waals surface area (Å²) in [6.45, 7) is 8.67. The SMILES string of the molecule is CC(C)(C)c1cc2n(n1)C[C@](C)(C(=O)NC1CCCCCCC1)N(Cc1ccccc1Cl)C2=O. The summed E-state index contributed by atoms with van der Waals surface area (Å²) in [5.41, 5.74) is 0.917. The smallest absolute Gasteiger partial charge is 0.273 e. The van der Waals surface area contributed by atoms with Gasteiger partial charge in [0, 0.05) is 23.0 Å². The van der Waals surface area contributed by atoms with Crippen molar-refractivity contribution in [3.05, 3.63) is 52.3 Å². The van der Waals surface area contributed by atoms with Crippen LogP contribution in [0.4, 0.5) is 0 Å². The molecule has 1 aromatic heterocycles. The Bertz CT molecular complexity index is 1050. The lowest BCUT2D eigenvalue weighted by molar-refractivity contribution is -0.134. The molecule has 6 nitrogen and oxygen atoms in total. The van der Waals surface area contributed by atoms with E-state index in [0.717, 1.165) is 36.9 Å². The number of carbonyl (C=O) groups excluding carboxylic acids is 2. The van der Waals surface area contributed by atoms with Crippen LogP contribution in [0, 0.1) is 0 Å². The van der Waals surface area contributed by atoms with Gasteiger partial charge in [0.05, 0.1) is 12.2 Å². The Hall–Kier alpha value is -2.34. The molecule has 0 saturated heterocycles. The van der Waals surface area contributed by atoms with Crippen LogP contribution >= 0.6 is 11.6 Å². The Morgan fingerprint density at radius 2 is 1.79 bits per heavy atom. The van der Waals surface area contributed by atoms with Crippen LogP contribution in [-0.4, -0.2) is 38.1 Å². The molecule has 7 heteroatoms. The van der Waals surface area contributed by atoms with Crippen molar-refractivity contribution in [2.75, 3.05) is 0 Å². The third-order valence-corrected chi connectivity index (χ3v) is 7.65. The number of carbonyl (C=O) groups is 2. The fourth-order valence-electron chi connectivity index (χ4n) is 4.99. The summed E-state index contributed by atoms with van der Waals surface area (Å²) in [5.74, 6) is -0.304. The second kappa shape index (κ2) is 9.73. The number of benzene rings is 1. The predicted octanol–water partition coefficient (Wildman–Crippen LogP) is 5.48. The van der Waals surface area contributed by atoms with E-state index in [0.29, 0.717) is 17.3 Å². The number of fused-ring (bicyclic) bond motifs is 1. The topological polar surface area (TPSA) is 67.2 Å². The molecule has 1 atom stereocenters. The van der Waals surface area contributed by atoms with Gasteiger partial charge in [-0.25, -0.2) is 0 Å². The molecule has 2 aromatic rings. The maximum atomic E-state index is 13.9. The van der Waals surface area contributed by atoms with E-state index in [2.05, 4.69) is 26.1 Å². The first-order chi connectivity index (χ1) is 16.1. The van der Waals surface area contributed by atoms with Gasteiger partial charge >= 0.3 is 0 Å². The Morgan fingerprint density at radius 3 is 2.44 bits per heavy atom. The van der Waals surface area contributed by atoms with Gasteiger partial charge in [-0.05, 0) is 37.5 Å². The Balaban J connectivity index is 1.69. The zero-order valence-corrected chi connectivity index (χ0v) is 21.6. The molecule has 2 aliphatic rings. The molecule has 1 aromatic carbocycles. The van der Waals surface area contributed by atoms with Crippen LogP contribution in [0.15, 0.2) is 30.3 Å². The van der Waals surface area contributed by atoms with E-state index in [1.807, 2.05) is 37.3 Å². The van der Waals surface area contributed by atoms with Crippen molar-refractivity contribution < 1.29 is 9.59 Å². The minimum absolute atomic E-state index is 0.114. The lowest BCUT2D eigenvalue weighted by Crippen LogP contribution is -2.64. The summed E-state index contributed by atoms with van der Waals surface area (Å²) < 4.78 is 1.73. The van der Waals surface area contributed by atoms with E-state index in [-0.39, 0.29) is 29.8 Å². The number of nitrogens with zero attached hydrogens (tertiary/aromatic N) is 3. The predicted molar refractivity (Wildman–Crippen MR) is 135 cm³/mol. The lowest BCUT2D eigenvalue weighted by Gasteiger charge is -2.44. The molecule has 1 aliphatic heterocycles. The van der Waals surface area contributed by atoms with E-state index in [1.54, 1.807) is 9.58 Å². The molecule has 0 radical (unpaired) electrons. The van der Waals surface area contributed by atoms with Gasteiger partial charge in [0.25, 0.3) is 5.91 Å². The van der Waals surface area contributed by atoms with Crippen LogP contribution in [0.1, 0.15) is 94.4 Å². The summed E-state index contributed by atoms with van der Waals surface area (Å²) in [6, 6.07) is 9.52. The molecule has 2 heterocycles. The number of aromatic nitrogens is 2. The van der Waals surface area contributed by atoms with Crippen molar-refractivity contribution in [1.29, 1.82) is 0 Å². The van der Waals surface area contributed by atoms with Gasteiger partial charge in [0.1, 0.15) is 11.2 Å². The van der Waals surface area contributed by atoms with Gasteiger partial charge in [-0.3, -0.25) is 14.3 Å². The van der Waals surface area contributed by atoms with Crippen LogP contribution in [0.5, 0.6) is 0 Å². The molecule has 1 N–H and O–H groups in total. The molecule has 1 fully saturated rings. The number of hydrogen-bond donors (Lipinski definition) is 1. The highest BCUT2D eigenvalue weighted by Crippen LogP contribution is 2.33. The third-order valence-electron chi connectivity index (χ3n) is 7.28. The van der Waals surface area contributed by atoms with Gasteiger partial charge in [-0.15, -0.1) is 0 Å². The van der Waals surface area contributed by atoms with Crippen molar-refractivity contribution in [1.82, 2.24) is 20.0 Å². The van der Waals surface area contributed by atoms with Crippen LogP contribution in [-0.2, 0) is 23.3 Å². The molecule has 0 unspecified atom stereocenters. The zero-order valence-electron chi connectivity index (χ0n) is 20.9. The van der Waals surface area contributed by atoms with Crippen molar-refractivity contribution >= 4 is 23.4 Å². The highest BCUT2D eigenvalue weighted by atomic mass is 35.5. The molecule has 34 heavy (non-hydrogen) atoms. The summed E-state index contributed by atoms with van der Waals surface area (Å²) in [6.07, 6.45) is 7.93. The molecular weight excluding hydrogens is 448 g/mol. The van der Waals surface area contributed by atoms with E-state index in [4.69, 9.17) is 16.7 Å². The van der Waals surface area contributed by atoms with E-state index >= 15 is 0 Å². The molecule has 2 amide bonds. The molecule has 4 rings (SSSR count). The number of rotatable bonds is 4. The molecule has 1 saturated carbocycles. The number of hydrogen-bond acceptors (Lipinski definition) is 3. The maximum absolute atomic E-state index is 13.9. The Labute approximate surface area is 208 Å². The van der Waals surface area contributed by atoms with Gasteiger partial charge in [-0.1, -0.05) is 82.7 Å². The molecule has 0 spiro atoms. The Morgan fingerprint density at radius 1 is 1.15 bits per heavy atom. The first-order valence-corrected chi connectivity index (χ1v) is 12.9. The van der Waals surface area contributed by atoms with Crippen LogP contribution in [0.25, 0.3) is 0 Å². The van der Waals surface area contributed by atoms with Crippen LogP contribution < -0.4 is 5.32 Å². The van der Waals surface area contributed by atoms with Crippen LogP contribution in [0.3, 0.4) is 0 Å². The number of halogens is 1. The van der Waals surface area contributed by atoms with Crippen molar-refractivity contribution in [2.24, 2.45) is 0 Å². The summed E-state index contributed by atoms with van der Waals surface area (Å²) >= 11 is 6.46. The summed E-state index contributed by atoms with van der Waals surface area (Å²) in [7, 11) is 0. The fraction of sp³-hybridized carbons (Fsp3) is 0.593. The Kier molecular flexibility index (Phi) is 7.09. The van der Waals surface area contributed by atoms with E-state index < -0.39 is 5.54 Å². The first-order valence-electron chi connectivity index (χ1n) is 12.5. The average Bonchev–Trinajstić information content (AvgIpc) is 3.18. The standard InChI is InChI=1S/C27H37ClN4O2/c1-26(2,3)23-16-22-24(33)31(17-19-12-10-11-15-21(19)28)27(4,18-32(22)30-23)25(34)29-20-13-8-6-5-7-9-14-20/h10-12,15-16,20H,5-9,13-14,17-18H2,1-4H3,(H,29,34)/t27-/m1/s1. The van der Waals surface area contributed by atoms with Crippen molar-refractivity contribution in [2.45, 2.75) is 103 Å². The molecule has 0 bridgehead atoms. The van der Waals surface area contributed by atoms with E-state index in [1.165, 1.54) is 19.3 Å². The van der Waals surface area contributed by atoms with Gasteiger partial charge in [0.2, 0.25) is 5.91 Å². The fourth-order valence-corrected chi connectivity index (χ4v) is 5.19. The van der Waals surface area contributed by atoms with Crippen molar-refractivity contribution in [3.63, 3.8) is 0 Å². The molecule has 1 aliphatic carbocycles. The quantitative estimate of drug-likeness (QED) is 0.625. The van der Waals surface area contributed by atoms with Gasteiger partial charge < -0.3 is 10.2 Å². The second-order valence-electron chi connectivity index (χ2n) is 11.1. The molecular formula is C27H37ClN4O2. The largest absolute Gasteiger partial charge is 0.351 e. The second-order valence-corrected chi connectivity index (χ2v) is 11.5. The van der Waals surface area contributed by atoms with E-state index in [9.17, 15) is 9.59 Å². The number of nitrogens with one attached hydrogen (secondary N) is 1. The minimum atomic E-state index is -1.08. The summed E-state index contributed by atoms with van der Waals surface area (Å²) in [5, 5.41) is 8.65. The average molecular weight is 485 g/mol. The number of amides is 2. The van der Waals surface area contributed by atoms with Crippen molar-refractivity contribution in [3.8, 4) is 0 Å². The maximum Gasteiger partial charge on any atom is 0.273 e. The highest BCUT2D eigenvalue weighted by molar-refractivity contribution is 6.31. The monoisotopic (exact) mass is 484 g/mol. The first kappa shape index (κ1) is 24.8.